The highest BCUT2D eigenvalue weighted by Gasteiger charge is 2.46. The number of nitrogens with zero attached hydrogens (tertiary/aromatic N) is 3. The number of nitrogens with one attached hydrogen (secondary N) is 1. The molecule has 2 unspecified atom stereocenters. The maximum atomic E-state index is 14.1. The van der Waals surface area contributed by atoms with Gasteiger partial charge in [0.25, 0.3) is 0 Å². The molecule has 0 spiro atoms. The minimum Gasteiger partial charge on any atom is -0.387 e. The third kappa shape index (κ3) is 7.04. The lowest BCUT2D eigenvalue weighted by Crippen LogP contribution is -2.33. The summed E-state index contributed by atoms with van der Waals surface area (Å²) in [6.07, 6.45) is -3.83. The molecule has 1 aliphatic rings. The Kier molecular flexibility index (Phi) is 9.14. The molecule has 7 atom stereocenters. The minimum atomic E-state index is -4.60. The Balaban J connectivity index is 1.51. The van der Waals surface area contributed by atoms with E-state index in [-0.39, 0.29) is 22.7 Å². The van der Waals surface area contributed by atoms with Gasteiger partial charge in [0.1, 0.15) is 29.3 Å². The van der Waals surface area contributed by atoms with Gasteiger partial charge in [-0.2, -0.15) is 5.10 Å². The molecule has 0 bridgehead atoms. The number of aliphatic hydroxyl groups is 2. The van der Waals surface area contributed by atoms with Crippen LogP contribution in [0.1, 0.15) is 18.7 Å². The zero-order valence-electron chi connectivity index (χ0n) is 20.8. The normalized spacial score (nSPS) is 25.3. The molecule has 0 aliphatic carbocycles. The number of aromatic nitrogens is 3. The van der Waals surface area contributed by atoms with E-state index < -0.39 is 52.2 Å². The van der Waals surface area contributed by atoms with Crippen molar-refractivity contribution in [3.8, 4) is 0 Å². The minimum absolute atomic E-state index is 0.0885. The molecule has 0 saturated carbocycles. The van der Waals surface area contributed by atoms with E-state index in [1.807, 2.05) is 6.92 Å². The molecular formula is C22H28ClFN4O9P2. The zero-order chi connectivity index (χ0) is 28.5. The van der Waals surface area contributed by atoms with Gasteiger partial charge < -0.3 is 39.1 Å². The van der Waals surface area contributed by atoms with Crippen molar-refractivity contribution in [2.75, 3.05) is 24.9 Å². The van der Waals surface area contributed by atoms with Gasteiger partial charge in [0, 0.05) is 13.2 Å². The second-order valence-electron chi connectivity index (χ2n) is 9.10. The number of rotatable bonds is 11. The van der Waals surface area contributed by atoms with Crippen LogP contribution in [0.4, 0.5) is 10.1 Å². The molecule has 1 aromatic carbocycles. The van der Waals surface area contributed by atoms with Crippen LogP contribution in [0, 0.1) is 5.82 Å². The molecule has 39 heavy (non-hydrogen) atoms. The maximum absolute atomic E-state index is 14.1. The number of halogens is 2. The molecule has 5 N–H and O–H groups in total. The number of benzene rings is 1. The first kappa shape index (κ1) is 30.0. The third-order valence-corrected chi connectivity index (χ3v) is 10.3. The number of hydrogen-bond acceptors (Lipinski definition) is 10. The van der Waals surface area contributed by atoms with E-state index in [9.17, 15) is 33.5 Å². The number of pyridine rings is 1. The summed E-state index contributed by atoms with van der Waals surface area (Å²) in [6, 6.07) is 7.80. The Hall–Kier alpha value is -1.96. The quantitative estimate of drug-likeness (QED) is 0.159. The van der Waals surface area contributed by atoms with Gasteiger partial charge in [0.2, 0.25) is 0 Å². The van der Waals surface area contributed by atoms with Gasteiger partial charge in [-0.05, 0) is 31.0 Å². The Morgan fingerprint density at radius 3 is 2.64 bits per heavy atom. The smallest absolute Gasteiger partial charge is 0.340 e. The monoisotopic (exact) mass is 608 g/mol. The van der Waals surface area contributed by atoms with Crippen LogP contribution in [0.15, 0.2) is 36.5 Å². The van der Waals surface area contributed by atoms with Crippen molar-refractivity contribution in [1.82, 2.24) is 14.8 Å². The average Bonchev–Trinajstić information content (AvgIpc) is 3.39. The molecule has 1 saturated heterocycles. The Labute approximate surface area is 227 Å². The van der Waals surface area contributed by atoms with Gasteiger partial charge in [0.15, 0.2) is 17.8 Å². The van der Waals surface area contributed by atoms with E-state index >= 15 is 0 Å². The first-order valence-electron chi connectivity index (χ1n) is 11.7. The fourth-order valence-corrected chi connectivity index (χ4v) is 7.35. The highest BCUT2D eigenvalue weighted by atomic mass is 35.5. The first-order chi connectivity index (χ1) is 18.3. The topological polar surface area (TPSA) is 185 Å². The maximum Gasteiger partial charge on any atom is 0.340 e. The number of aliphatic hydroxyl groups excluding tert-OH is 2. The van der Waals surface area contributed by atoms with Crippen molar-refractivity contribution in [3.63, 3.8) is 0 Å². The Bertz CT molecular complexity index is 1430. The summed E-state index contributed by atoms with van der Waals surface area (Å²) in [7, 11) is -8.05. The average molecular weight is 609 g/mol. The van der Waals surface area contributed by atoms with E-state index in [2.05, 4.69) is 19.9 Å². The number of fused-ring (bicyclic) bond motifs is 1. The second kappa shape index (κ2) is 11.9. The lowest BCUT2D eigenvalue weighted by molar-refractivity contribution is -0.0541. The molecule has 2 aromatic heterocycles. The molecule has 17 heteroatoms. The standard InChI is InChI=1S/C22H28ClFN4O9P2/c1-12(7-13-5-3-4-6-15(13)24)26-16-8-18(23)27-21-14(16)9-25-28(21)22-20(30)19(29)17(37-22)10-36-39(33,34)11-38(31,32)35-2/h3-6,8-9,12,17,19-20,22,29-30H,7,10-11H2,1-2H3,(H,26,27)(H,31,32)(H,33,34)/t12-,17+,19+,20+,22+/m0/s1. The van der Waals surface area contributed by atoms with Gasteiger partial charge in [-0.15, -0.1) is 0 Å². The van der Waals surface area contributed by atoms with Gasteiger partial charge >= 0.3 is 15.2 Å². The van der Waals surface area contributed by atoms with Crippen LogP contribution in [0.5, 0.6) is 0 Å². The lowest BCUT2D eigenvalue weighted by atomic mass is 10.1. The van der Waals surface area contributed by atoms with Gasteiger partial charge in [-0.1, -0.05) is 29.8 Å². The van der Waals surface area contributed by atoms with E-state index in [0.29, 0.717) is 23.1 Å². The van der Waals surface area contributed by atoms with Gasteiger partial charge in [-0.3, -0.25) is 9.13 Å². The predicted molar refractivity (Wildman–Crippen MR) is 139 cm³/mol. The fourth-order valence-electron chi connectivity index (χ4n) is 4.19. The van der Waals surface area contributed by atoms with Crippen LogP contribution in [-0.4, -0.2) is 78.7 Å². The molecule has 0 amide bonds. The Morgan fingerprint density at radius 2 is 1.95 bits per heavy atom. The van der Waals surface area contributed by atoms with Crippen LogP contribution in [0.25, 0.3) is 11.0 Å². The zero-order valence-corrected chi connectivity index (χ0v) is 23.3. The summed E-state index contributed by atoms with van der Waals surface area (Å²) < 4.78 is 53.9. The molecule has 13 nitrogen and oxygen atoms in total. The summed E-state index contributed by atoms with van der Waals surface area (Å²) >= 11 is 6.25. The van der Waals surface area contributed by atoms with Crippen molar-refractivity contribution in [2.24, 2.45) is 0 Å². The molecule has 214 valence electrons. The SMILES string of the molecule is COP(=O)(O)CP(=O)(O)OC[C@H]1O[C@@H](n2ncc3c(N[C@@H](C)Cc4ccccc4F)cc(Cl)nc32)[C@H](O)[C@@H]1O. The van der Waals surface area contributed by atoms with E-state index in [1.54, 1.807) is 24.3 Å². The fraction of sp³-hybridized carbons (Fsp3) is 0.455. The molecule has 4 rings (SSSR count). The Morgan fingerprint density at radius 1 is 1.23 bits per heavy atom. The van der Waals surface area contributed by atoms with Gasteiger partial charge in [0.05, 0.1) is 23.9 Å². The first-order valence-corrected chi connectivity index (χ1v) is 15.6. The van der Waals surface area contributed by atoms with Crippen molar-refractivity contribution < 1.29 is 47.3 Å². The molecule has 1 aliphatic heterocycles. The molecule has 3 aromatic rings. The number of anilines is 1. The van der Waals surface area contributed by atoms with Crippen molar-refractivity contribution in [3.05, 3.63) is 53.1 Å². The predicted octanol–water partition coefficient (Wildman–Crippen LogP) is 2.88. The highest BCUT2D eigenvalue weighted by Crippen LogP contribution is 2.58. The third-order valence-electron chi connectivity index (χ3n) is 6.08. The summed E-state index contributed by atoms with van der Waals surface area (Å²) in [5.41, 5.74) is 1.28. The van der Waals surface area contributed by atoms with Crippen molar-refractivity contribution in [1.29, 1.82) is 0 Å². The highest BCUT2D eigenvalue weighted by molar-refractivity contribution is 7.70. The van der Waals surface area contributed by atoms with E-state index in [4.69, 9.17) is 20.9 Å². The van der Waals surface area contributed by atoms with Crippen LogP contribution in [-0.2, 0) is 29.3 Å². The van der Waals surface area contributed by atoms with Crippen LogP contribution in [0.3, 0.4) is 0 Å². The molecule has 0 radical (unpaired) electrons. The van der Waals surface area contributed by atoms with Gasteiger partial charge in [-0.25, -0.2) is 14.1 Å². The van der Waals surface area contributed by atoms with Crippen molar-refractivity contribution in [2.45, 2.75) is 43.9 Å². The van der Waals surface area contributed by atoms with Crippen LogP contribution in [0.2, 0.25) is 5.15 Å². The summed E-state index contributed by atoms with van der Waals surface area (Å²) in [4.78, 5) is 23.6. The van der Waals surface area contributed by atoms with Crippen LogP contribution < -0.4 is 5.32 Å². The lowest BCUT2D eigenvalue weighted by Gasteiger charge is -2.19. The molecule has 1 fully saturated rings. The van der Waals surface area contributed by atoms with Crippen molar-refractivity contribution >= 4 is 43.5 Å². The second-order valence-corrected chi connectivity index (χ2v) is 13.8. The van der Waals surface area contributed by atoms with E-state index in [0.717, 1.165) is 7.11 Å². The van der Waals surface area contributed by atoms with E-state index in [1.165, 1.54) is 16.9 Å². The molecule has 3 heterocycles. The summed E-state index contributed by atoms with van der Waals surface area (Å²) in [6.45, 7) is 1.18. The summed E-state index contributed by atoms with van der Waals surface area (Å²) in [5, 5.41) is 29.2. The largest absolute Gasteiger partial charge is 0.387 e. The number of hydrogen-bond donors (Lipinski definition) is 5. The summed E-state index contributed by atoms with van der Waals surface area (Å²) in [5.74, 6) is -1.48. The number of ether oxygens (including phenoxy) is 1. The molecular weight excluding hydrogens is 581 g/mol. The van der Waals surface area contributed by atoms with Crippen LogP contribution >= 0.6 is 26.8 Å².